The molecule has 0 aliphatic heterocycles. The molecule has 2 rings (SSSR count). The van der Waals surface area contributed by atoms with Gasteiger partial charge in [-0.05, 0) is 24.5 Å². The van der Waals surface area contributed by atoms with Crippen LogP contribution >= 0.6 is 0 Å². The monoisotopic (exact) mass is 302 g/mol. The van der Waals surface area contributed by atoms with Crippen molar-refractivity contribution in [1.29, 1.82) is 0 Å². The Morgan fingerprint density at radius 1 is 1.36 bits per heavy atom. The zero-order chi connectivity index (χ0) is 16.1. The number of aliphatic carboxylic acids is 1. The fourth-order valence-corrected chi connectivity index (χ4v) is 2.00. The Morgan fingerprint density at radius 2 is 2.14 bits per heavy atom. The van der Waals surface area contributed by atoms with Gasteiger partial charge in [0.05, 0.1) is 5.56 Å². The standard InChI is InChI=1S/C15H18N4O3/c1-10(2)7-12(15(21)22)18-14(20)11-3-4-13(17-8-11)19-6-5-16-9-19/h3-6,8-10,12H,7H2,1-2H3,(H,18,20)(H,21,22). The van der Waals surface area contributed by atoms with E-state index < -0.39 is 17.9 Å². The van der Waals surface area contributed by atoms with E-state index in [9.17, 15) is 9.59 Å². The number of amides is 1. The van der Waals surface area contributed by atoms with Gasteiger partial charge in [-0.1, -0.05) is 13.8 Å². The second-order valence-corrected chi connectivity index (χ2v) is 5.37. The summed E-state index contributed by atoms with van der Waals surface area (Å²) in [5, 5.41) is 11.7. The fourth-order valence-electron chi connectivity index (χ4n) is 2.00. The summed E-state index contributed by atoms with van der Waals surface area (Å²) >= 11 is 0. The van der Waals surface area contributed by atoms with Gasteiger partial charge >= 0.3 is 5.97 Å². The first-order valence-electron chi connectivity index (χ1n) is 6.95. The minimum atomic E-state index is -1.04. The molecule has 0 aromatic carbocycles. The number of carboxylic acids is 1. The van der Waals surface area contributed by atoms with Gasteiger partial charge in [0.25, 0.3) is 5.91 Å². The van der Waals surface area contributed by atoms with Gasteiger partial charge in [0.2, 0.25) is 0 Å². The molecule has 0 saturated carbocycles. The average molecular weight is 302 g/mol. The molecular weight excluding hydrogens is 284 g/mol. The Hall–Kier alpha value is -2.70. The topological polar surface area (TPSA) is 97.1 Å². The molecule has 2 N–H and O–H groups in total. The van der Waals surface area contributed by atoms with Crippen LogP contribution < -0.4 is 5.32 Å². The van der Waals surface area contributed by atoms with Crippen LogP contribution in [-0.2, 0) is 4.79 Å². The molecule has 2 aromatic rings. The molecule has 2 aromatic heterocycles. The first-order chi connectivity index (χ1) is 10.5. The predicted molar refractivity (Wildman–Crippen MR) is 79.7 cm³/mol. The van der Waals surface area contributed by atoms with Crippen LogP contribution in [0, 0.1) is 5.92 Å². The van der Waals surface area contributed by atoms with Gasteiger partial charge in [0.1, 0.15) is 18.2 Å². The Morgan fingerprint density at radius 3 is 2.64 bits per heavy atom. The summed E-state index contributed by atoms with van der Waals surface area (Å²) in [5.74, 6) is -0.683. The van der Waals surface area contributed by atoms with Crippen LogP contribution in [0.5, 0.6) is 0 Å². The molecule has 2 heterocycles. The van der Waals surface area contributed by atoms with Crippen molar-refractivity contribution in [1.82, 2.24) is 19.9 Å². The van der Waals surface area contributed by atoms with E-state index in [4.69, 9.17) is 5.11 Å². The van der Waals surface area contributed by atoms with Crippen molar-refractivity contribution in [2.24, 2.45) is 5.92 Å². The van der Waals surface area contributed by atoms with E-state index >= 15 is 0 Å². The van der Waals surface area contributed by atoms with Crippen LogP contribution in [0.2, 0.25) is 0 Å². The molecule has 1 atom stereocenters. The van der Waals surface area contributed by atoms with Crippen molar-refractivity contribution in [3.8, 4) is 5.82 Å². The van der Waals surface area contributed by atoms with E-state index in [2.05, 4.69) is 15.3 Å². The number of hydrogen-bond donors (Lipinski definition) is 2. The average Bonchev–Trinajstić information content (AvgIpc) is 3.00. The number of aromatic nitrogens is 3. The van der Waals surface area contributed by atoms with Gasteiger partial charge in [-0.25, -0.2) is 14.8 Å². The van der Waals surface area contributed by atoms with Crippen LogP contribution in [0.15, 0.2) is 37.1 Å². The summed E-state index contributed by atoms with van der Waals surface area (Å²) < 4.78 is 1.71. The molecule has 1 unspecified atom stereocenters. The highest BCUT2D eigenvalue weighted by atomic mass is 16.4. The second kappa shape index (κ2) is 6.84. The molecule has 7 nitrogen and oxygen atoms in total. The van der Waals surface area contributed by atoms with Gasteiger partial charge in [-0.15, -0.1) is 0 Å². The number of rotatable bonds is 6. The minimum Gasteiger partial charge on any atom is -0.480 e. The largest absolute Gasteiger partial charge is 0.480 e. The number of hydrogen-bond acceptors (Lipinski definition) is 4. The molecule has 22 heavy (non-hydrogen) atoms. The first kappa shape index (κ1) is 15.7. The lowest BCUT2D eigenvalue weighted by molar-refractivity contribution is -0.139. The molecule has 0 saturated heterocycles. The molecular formula is C15H18N4O3. The van der Waals surface area contributed by atoms with Gasteiger partial charge in [0, 0.05) is 18.6 Å². The summed E-state index contributed by atoms with van der Waals surface area (Å²) in [6, 6.07) is 2.38. The maximum absolute atomic E-state index is 12.1. The van der Waals surface area contributed by atoms with Crippen LogP contribution in [0.1, 0.15) is 30.6 Å². The lowest BCUT2D eigenvalue weighted by atomic mass is 10.0. The predicted octanol–water partition coefficient (Wildman–Crippen LogP) is 1.50. The number of pyridine rings is 1. The molecule has 0 fully saturated rings. The second-order valence-electron chi connectivity index (χ2n) is 5.37. The maximum atomic E-state index is 12.1. The quantitative estimate of drug-likeness (QED) is 0.842. The third-order valence-corrected chi connectivity index (χ3v) is 3.09. The number of carbonyl (C=O) groups excluding carboxylic acids is 1. The van der Waals surface area contributed by atoms with E-state index in [1.807, 2.05) is 13.8 Å². The molecule has 0 aliphatic carbocycles. The zero-order valence-corrected chi connectivity index (χ0v) is 12.4. The van der Waals surface area contributed by atoms with Gasteiger partial charge in [-0.3, -0.25) is 9.36 Å². The Kier molecular flexibility index (Phi) is 4.88. The van der Waals surface area contributed by atoms with Crippen LogP contribution in [-0.4, -0.2) is 37.6 Å². The van der Waals surface area contributed by atoms with Crippen LogP contribution in [0.4, 0.5) is 0 Å². The van der Waals surface area contributed by atoms with Crippen LogP contribution in [0.3, 0.4) is 0 Å². The van der Waals surface area contributed by atoms with E-state index in [0.29, 0.717) is 17.8 Å². The van der Waals surface area contributed by atoms with E-state index in [-0.39, 0.29) is 5.92 Å². The van der Waals surface area contributed by atoms with Crippen molar-refractivity contribution in [3.05, 3.63) is 42.6 Å². The van der Waals surface area contributed by atoms with Gasteiger partial charge < -0.3 is 10.4 Å². The summed E-state index contributed by atoms with van der Waals surface area (Å²) in [5.41, 5.74) is 0.318. The molecule has 0 radical (unpaired) electrons. The summed E-state index contributed by atoms with van der Waals surface area (Å²) in [7, 11) is 0. The Bertz CT molecular complexity index is 635. The Balaban J connectivity index is 2.07. The van der Waals surface area contributed by atoms with E-state index in [1.165, 1.54) is 6.20 Å². The van der Waals surface area contributed by atoms with Gasteiger partial charge in [-0.2, -0.15) is 0 Å². The summed E-state index contributed by atoms with van der Waals surface area (Å²) in [6.07, 6.45) is 6.77. The number of imidazole rings is 1. The number of nitrogens with zero attached hydrogens (tertiary/aromatic N) is 3. The highest BCUT2D eigenvalue weighted by molar-refractivity contribution is 5.96. The molecule has 0 aliphatic rings. The molecule has 116 valence electrons. The number of carboxylic acid groups (broad SMARTS) is 1. The normalized spacial score (nSPS) is 12.1. The number of carbonyl (C=O) groups is 2. The zero-order valence-electron chi connectivity index (χ0n) is 12.4. The third-order valence-electron chi connectivity index (χ3n) is 3.09. The molecule has 0 bridgehead atoms. The van der Waals surface area contributed by atoms with Crippen molar-refractivity contribution in [2.45, 2.75) is 26.3 Å². The summed E-state index contributed by atoms with van der Waals surface area (Å²) in [6.45, 7) is 3.81. The highest BCUT2D eigenvalue weighted by Crippen LogP contribution is 2.08. The van der Waals surface area contributed by atoms with Crippen molar-refractivity contribution < 1.29 is 14.7 Å². The highest BCUT2D eigenvalue weighted by Gasteiger charge is 2.21. The van der Waals surface area contributed by atoms with Crippen molar-refractivity contribution in [2.75, 3.05) is 0 Å². The SMILES string of the molecule is CC(C)CC(NC(=O)c1ccc(-n2ccnc2)nc1)C(=O)O. The fraction of sp³-hybridized carbons (Fsp3) is 0.333. The van der Waals surface area contributed by atoms with Crippen LogP contribution in [0.25, 0.3) is 5.82 Å². The van der Waals surface area contributed by atoms with Crippen molar-refractivity contribution >= 4 is 11.9 Å². The molecule has 1 amide bonds. The third kappa shape index (κ3) is 3.91. The Labute approximate surface area is 128 Å². The molecule has 0 spiro atoms. The van der Waals surface area contributed by atoms with Crippen molar-refractivity contribution in [3.63, 3.8) is 0 Å². The van der Waals surface area contributed by atoms with Gasteiger partial charge in [0.15, 0.2) is 0 Å². The van der Waals surface area contributed by atoms with E-state index in [0.717, 1.165) is 0 Å². The first-order valence-corrected chi connectivity index (χ1v) is 6.95. The smallest absolute Gasteiger partial charge is 0.326 e. The minimum absolute atomic E-state index is 0.170. The lowest BCUT2D eigenvalue weighted by Gasteiger charge is -2.16. The summed E-state index contributed by atoms with van der Waals surface area (Å²) in [4.78, 5) is 31.4. The lowest BCUT2D eigenvalue weighted by Crippen LogP contribution is -2.41. The molecule has 7 heteroatoms. The number of nitrogens with one attached hydrogen (secondary N) is 1. The van der Waals surface area contributed by atoms with E-state index in [1.54, 1.807) is 35.4 Å². The maximum Gasteiger partial charge on any atom is 0.326 e.